The molecule has 0 spiro atoms. The van der Waals surface area contributed by atoms with E-state index in [0.29, 0.717) is 19.8 Å². The van der Waals surface area contributed by atoms with Crippen LogP contribution in [0.4, 0.5) is 11.4 Å². The summed E-state index contributed by atoms with van der Waals surface area (Å²) in [7, 11) is 1.78. The van der Waals surface area contributed by atoms with E-state index in [4.69, 9.17) is 9.47 Å². The number of aromatic nitrogens is 1. The van der Waals surface area contributed by atoms with Crippen molar-refractivity contribution in [3.05, 3.63) is 58.9 Å². The number of piperidine rings is 1. The van der Waals surface area contributed by atoms with Crippen LogP contribution < -0.4 is 15.8 Å². The van der Waals surface area contributed by atoms with Crippen LogP contribution in [0.5, 0.6) is 0 Å². The van der Waals surface area contributed by atoms with E-state index in [1.807, 2.05) is 0 Å². The Hall–Kier alpha value is -2.43. The minimum atomic E-state index is -0.0775. The van der Waals surface area contributed by atoms with Crippen molar-refractivity contribution in [3.8, 4) is 11.3 Å². The summed E-state index contributed by atoms with van der Waals surface area (Å²) in [5.74, 6) is 0. The van der Waals surface area contributed by atoms with Crippen molar-refractivity contribution in [3.63, 3.8) is 0 Å². The van der Waals surface area contributed by atoms with Gasteiger partial charge in [0, 0.05) is 69.3 Å². The van der Waals surface area contributed by atoms with Gasteiger partial charge in [-0.2, -0.15) is 0 Å². The Bertz CT molecular complexity index is 1350. The first-order valence-electron chi connectivity index (χ1n) is 13.8. The van der Waals surface area contributed by atoms with Gasteiger partial charge in [-0.05, 0) is 56.3 Å². The van der Waals surface area contributed by atoms with Crippen molar-refractivity contribution in [2.75, 3.05) is 69.9 Å². The summed E-state index contributed by atoms with van der Waals surface area (Å²) in [4.78, 5) is 25.4. The second kappa shape index (κ2) is 12.4. The number of ether oxygens (including phenoxy) is 2. The second-order valence-electron chi connectivity index (χ2n) is 10.4. The van der Waals surface area contributed by atoms with Crippen molar-refractivity contribution >= 4 is 34.9 Å². The number of hydrogen-bond acceptors (Lipinski definition) is 8. The lowest BCUT2D eigenvalue weighted by Crippen LogP contribution is -2.41. The minimum Gasteiger partial charge on any atom is -0.383 e. The van der Waals surface area contributed by atoms with Gasteiger partial charge in [-0.15, -0.1) is 0 Å². The van der Waals surface area contributed by atoms with Gasteiger partial charge < -0.3 is 29.6 Å². The van der Waals surface area contributed by atoms with Crippen LogP contribution in [0.2, 0.25) is 0 Å². The fourth-order valence-corrected chi connectivity index (χ4v) is 8.03. The van der Waals surface area contributed by atoms with E-state index in [-0.39, 0.29) is 11.6 Å². The zero-order valence-electron chi connectivity index (χ0n) is 22.4. The number of aromatic amines is 1. The second-order valence-corrected chi connectivity index (χ2v) is 12.5. The Morgan fingerprint density at radius 2 is 1.82 bits per heavy atom. The smallest absolute Gasteiger partial charge is 0.250 e. The van der Waals surface area contributed by atoms with Gasteiger partial charge in [-0.1, -0.05) is 42.1 Å². The average Bonchev–Trinajstić information content (AvgIpc) is 2.96. The minimum absolute atomic E-state index is 0.0775. The van der Waals surface area contributed by atoms with Crippen molar-refractivity contribution in [2.45, 2.75) is 44.9 Å². The summed E-state index contributed by atoms with van der Waals surface area (Å²) in [6, 6.07) is 17.1. The van der Waals surface area contributed by atoms with Gasteiger partial charge in [0.1, 0.15) is 0 Å². The Balaban J connectivity index is 1.22. The van der Waals surface area contributed by atoms with Gasteiger partial charge in [-0.25, -0.2) is 0 Å². The molecule has 3 aliphatic heterocycles. The molecule has 7 nitrogen and oxygen atoms in total. The van der Waals surface area contributed by atoms with Crippen LogP contribution in [0.1, 0.15) is 19.3 Å². The molecule has 6 rings (SSSR count). The number of methoxy groups -OCH3 is 1. The summed E-state index contributed by atoms with van der Waals surface area (Å²) in [6.07, 6.45) is 3.93. The molecule has 206 valence electrons. The van der Waals surface area contributed by atoms with E-state index < -0.39 is 0 Å². The van der Waals surface area contributed by atoms with Crippen molar-refractivity contribution in [1.82, 2.24) is 9.88 Å². The van der Waals surface area contributed by atoms with Crippen molar-refractivity contribution in [1.29, 1.82) is 0 Å². The molecule has 9 heteroatoms. The lowest BCUT2D eigenvalue weighted by molar-refractivity contribution is 0.122. The van der Waals surface area contributed by atoms with E-state index in [1.165, 1.54) is 51.9 Å². The normalized spacial score (nSPS) is 18.3. The highest BCUT2D eigenvalue weighted by Crippen LogP contribution is 2.52. The van der Waals surface area contributed by atoms with Gasteiger partial charge in [0.15, 0.2) is 0 Å². The molecular weight excluding hydrogens is 528 g/mol. The van der Waals surface area contributed by atoms with Gasteiger partial charge in [0.05, 0.1) is 31.6 Å². The van der Waals surface area contributed by atoms with Crippen LogP contribution in [-0.4, -0.2) is 75.6 Å². The molecule has 1 atom stereocenters. The molecule has 2 fully saturated rings. The van der Waals surface area contributed by atoms with Crippen LogP contribution in [0, 0.1) is 0 Å². The Morgan fingerprint density at radius 1 is 0.974 bits per heavy atom. The van der Waals surface area contributed by atoms with Crippen molar-refractivity contribution < 1.29 is 9.47 Å². The number of pyridine rings is 1. The third kappa shape index (κ3) is 6.33. The standard InChI is InChI=1S/C30H36N4O3S2/c1-36-20-22(19-33-10-3-2-4-11-33)31-21-8-9-26-28(16-21)38-27-7-5-6-24(30(27)39-26)25-17-23(18-29(35)32-25)34-12-14-37-15-13-34/h5-9,16-18,22,31H,2-4,10-15,19-20H2,1H3,(H,32,35). The fourth-order valence-electron chi connectivity index (χ4n) is 5.61. The van der Waals surface area contributed by atoms with Crippen LogP contribution in [0.15, 0.2) is 72.9 Å². The molecule has 0 amide bonds. The molecule has 0 bridgehead atoms. The topological polar surface area (TPSA) is 69.8 Å². The van der Waals surface area contributed by atoms with Crippen LogP contribution in [0.25, 0.3) is 11.3 Å². The highest BCUT2D eigenvalue weighted by atomic mass is 32.2. The maximum atomic E-state index is 12.6. The molecular formula is C30H36N4O3S2. The Labute approximate surface area is 238 Å². The first-order chi connectivity index (χ1) is 19.2. The SMILES string of the molecule is COCC(CN1CCCCC1)Nc1ccc2c(c1)Sc1cccc(-c3cc(N4CCOCC4)cc(=O)[nH]3)c1S2. The van der Waals surface area contributed by atoms with Gasteiger partial charge in [0.25, 0.3) is 0 Å². The Kier molecular flexibility index (Phi) is 8.51. The van der Waals surface area contributed by atoms with Gasteiger partial charge >= 0.3 is 0 Å². The lowest BCUT2D eigenvalue weighted by Gasteiger charge is -2.31. The molecule has 2 aromatic carbocycles. The zero-order chi connectivity index (χ0) is 26.6. The highest BCUT2D eigenvalue weighted by molar-refractivity contribution is 8.05. The van der Waals surface area contributed by atoms with Crippen LogP contribution >= 0.6 is 23.5 Å². The van der Waals surface area contributed by atoms with E-state index in [9.17, 15) is 4.79 Å². The van der Waals surface area contributed by atoms with Crippen LogP contribution in [-0.2, 0) is 9.47 Å². The highest BCUT2D eigenvalue weighted by Gasteiger charge is 2.23. The van der Waals surface area contributed by atoms with Gasteiger partial charge in [0.2, 0.25) is 5.56 Å². The summed E-state index contributed by atoms with van der Waals surface area (Å²) in [6.45, 7) is 7.02. The van der Waals surface area contributed by atoms with E-state index in [0.717, 1.165) is 42.3 Å². The predicted octanol–water partition coefficient (Wildman–Crippen LogP) is 5.41. The van der Waals surface area contributed by atoms with E-state index >= 15 is 0 Å². The molecule has 0 aliphatic carbocycles. The molecule has 0 radical (unpaired) electrons. The molecule has 0 saturated carbocycles. The summed E-state index contributed by atoms with van der Waals surface area (Å²) in [5, 5.41) is 3.74. The number of benzene rings is 2. The number of rotatable bonds is 8. The third-order valence-electron chi connectivity index (χ3n) is 7.52. The summed E-state index contributed by atoms with van der Waals surface area (Å²) < 4.78 is 11.1. The molecule has 4 heterocycles. The number of H-pyrrole nitrogens is 1. The largest absolute Gasteiger partial charge is 0.383 e. The first kappa shape index (κ1) is 26.8. The quantitative estimate of drug-likeness (QED) is 0.295. The number of nitrogens with one attached hydrogen (secondary N) is 2. The summed E-state index contributed by atoms with van der Waals surface area (Å²) in [5.41, 5.74) is 3.92. The van der Waals surface area contributed by atoms with Crippen LogP contribution in [0.3, 0.4) is 0 Å². The molecule has 2 N–H and O–H groups in total. The predicted molar refractivity (Wildman–Crippen MR) is 160 cm³/mol. The zero-order valence-corrected chi connectivity index (χ0v) is 24.0. The number of likely N-dealkylation sites (tertiary alicyclic amines) is 1. The summed E-state index contributed by atoms with van der Waals surface area (Å²) >= 11 is 3.58. The molecule has 1 aromatic heterocycles. The fraction of sp³-hybridized carbons (Fsp3) is 0.433. The molecule has 3 aliphatic rings. The number of anilines is 2. The van der Waals surface area contributed by atoms with Crippen molar-refractivity contribution in [2.24, 2.45) is 0 Å². The molecule has 3 aromatic rings. The monoisotopic (exact) mass is 564 g/mol. The number of fused-ring (bicyclic) bond motifs is 2. The van der Waals surface area contributed by atoms with E-state index in [2.05, 4.69) is 62.6 Å². The van der Waals surface area contributed by atoms with Gasteiger partial charge in [-0.3, -0.25) is 4.79 Å². The maximum Gasteiger partial charge on any atom is 0.250 e. The van der Waals surface area contributed by atoms with E-state index in [1.54, 1.807) is 36.7 Å². The maximum absolute atomic E-state index is 12.6. The average molecular weight is 565 g/mol. The number of hydrogen-bond donors (Lipinski definition) is 2. The third-order valence-corrected chi connectivity index (χ3v) is 10.1. The molecule has 39 heavy (non-hydrogen) atoms. The first-order valence-corrected chi connectivity index (χ1v) is 15.5. The Morgan fingerprint density at radius 3 is 2.64 bits per heavy atom. The lowest BCUT2D eigenvalue weighted by atomic mass is 10.1. The number of nitrogens with zero attached hydrogens (tertiary/aromatic N) is 2. The molecule has 1 unspecified atom stereocenters. The molecule has 2 saturated heterocycles. The number of morpholine rings is 1.